The minimum Gasteiger partial charge on any atom is -0.467 e. The third-order valence-corrected chi connectivity index (χ3v) is 7.82. The molecule has 1 aromatic carbocycles. The van der Waals surface area contributed by atoms with Gasteiger partial charge in [0, 0.05) is 6.54 Å². The number of carbonyl (C=O) groups is 5. The Kier molecular flexibility index (Phi) is 17.4. The van der Waals surface area contributed by atoms with E-state index in [1.165, 1.54) is 7.11 Å². The summed E-state index contributed by atoms with van der Waals surface area (Å²) in [5, 5.41) is 10.8. The number of ether oxygens (including phenoxy) is 4. The monoisotopic (exact) mass is 690 g/mol. The molecule has 0 aromatic heterocycles. The summed E-state index contributed by atoms with van der Waals surface area (Å²) in [6.07, 6.45) is 5.41. The van der Waals surface area contributed by atoms with Crippen LogP contribution in [0.3, 0.4) is 0 Å². The van der Waals surface area contributed by atoms with Crippen LogP contribution in [0.1, 0.15) is 105 Å². The second-order valence-corrected chi connectivity index (χ2v) is 14.5. The smallest absolute Gasteiger partial charge is 0.408 e. The van der Waals surface area contributed by atoms with Crippen molar-refractivity contribution in [2.75, 3.05) is 20.3 Å². The van der Waals surface area contributed by atoms with Crippen molar-refractivity contribution in [2.45, 2.75) is 135 Å². The van der Waals surface area contributed by atoms with Gasteiger partial charge in [0.2, 0.25) is 11.8 Å². The predicted octanol–water partition coefficient (Wildman–Crippen LogP) is 4.90. The third-order valence-electron chi connectivity index (χ3n) is 7.82. The van der Waals surface area contributed by atoms with Crippen LogP contribution in [0.25, 0.3) is 0 Å². The van der Waals surface area contributed by atoms with Crippen molar-refractivity contribution in [3.05, 3.63) is 35.9 Å². The van der Waals surface area contributed by atoms with Gasteiger partial charge >= 0.3 is 18.2 Å². The van der Waals surface area contributed by atoms with E-state index in [4.69, 9.17) is 18.9 Å². The number of benzene rings is 1. The molecule has 4 N–H and O–H groups in total. The Bertz CT molecular complexity index is 1190. The number of nitrogens with one attached hydrogen (secondary N) is 4. The Morgan fingerprint density at radius 3 is 2.02 bits per heavy atom. The molecule has 0 heterocycles. The van der Waals surface area contributed by atoms with Crippen molar-refractivity contribution >= 4 is 30.0 Å². The summed E-state index contributed by atoms with van der Waals surface area (Å²) in [5.41, 5.74) is -0.490. The van der Waals surface area contributed by atoms with Gasteiger partial charge in [-0.1, -0.05) is 62.4 Å². The first-order chi connectivity index (χ1) is 23.1. The van der Waals surface area contributed by atoms with Crippen LogP contribution in [0, 0.1) is 5.92 Å². The first kappa shape index (κ1) is 41.3. The van der Waals surface area contributed by atoms with E-state index in [0.717, 1.165) is 37.7 Å². The first-order valence-corrected chi connectivity index (χ1v) is 17.3. The summed E-state index contributed by atoms with van der Waals surface area (Å²) in [6, 6.07) is 5.98. The molecule has 0 saturated heterocycles. The highest BCUT2D eigenvalue weighted by molar-refractivity contribution is 5.93. The minimum absolute atomic E-state index is 0.000582. The normalized spacial score (nSPS) is 15.6. The van der Waals surface area contributed by atoms with E-state index in [2.05, 4.69) is 21.3 Å². The van der Waals surface area contributed by atoms with E-state index in [0.29, 0.717) is 25.8 Å². The van der Waals surface area contributed by atoms with Crippen molar-refractivity contribution in [1.82, 2.24) is 21.3 Å². The maximum Gasteiger partial charge on any atom is 0.408 e. The summed E-state index contributed by atoms with van der Waals surface area (Å²) in [6.45, 7) is 10.9. The molecule has 0 spiro atoms. The molecule has 1 saturated carbocycles. The molecule has 3 atom stereocenters. The maximum absolute atomic E-state index is 13.7. The fourth-order valence-electron chi connectivity index (χ4n) is 5.33. The van der Waals surface area contributed by atoms with Crippen molar-refractivity contribution in [3.8, 4) is 0 Å². The molecule has 13 heteroatoms. The van der Waals surface area contributed by atoms with Gasteiger partial charge in [-0.15, -0.1) is 0 Å². The molecule has 1 aliphatic carbocycles. The lowest BCUT2D eigenvalue weighted by Crippen LogP contribution is -2.57. The zero-order chi connectivity index (χ0) is 36.5. The fraction of sp³-hybridized carbons (Fsp3) is 0.694. The molecular weight excluding hydrogens is 632 g/mol. The molecule has 0 unspecified atom stereocenters. The van der Waals surface area contributed by atoms with Crippen LogP contribution < -0.4 is 21.3 Å². The number of hydrogen-bond donors (Lipinski definition) is 4. The largest absolute Gasteiger partial charge is 0.467 e. The van der Waals surface area contributed by atoms with Gasteiger partial charge < -0.3 is 40.2 Å². The van der Waals surface area contributed by atoms with Crippen LogP contribution in [0.15, 0.2) is 30.3 Å². The lowest BCUT2D eigenvalue weighted by Gasteiger charge is -2.28. The molecule has 276 valence electrons. The minimum atomic E-state index is -1.19. The van der Waals surface area contributed by atoms with Gasteiger partial charge in [-0.25, -0.2) is 14.4 Å². The molecule has 13 nitrogen and oxygen atoms in total. The predicted molar refractivity (Wildman–Crippen MR) is 184 cm³/mol. The van der Waals surface area contributed by atoms with E-state index >= 15 is 0 Å². The summed E-state index contributed by atoms with van der Waals surface area (Å²) >= 11 is 0. The average Bonchev–Trinajstić information content (AvgIpc) is 3.03. The Morgan fingerprint density at radius 2 is 1.41 bits per heavy atom. The topological polar surface area (TPSA) is 170 Å². The van der Waals surface area contributed by atoms with E-state index in [-0.39, 0.29) is 25.6 Å². The van der Waals surface area contributed by atoms with Gasteiger partial charge in [0.15, 0.2) is 0 Å². The second kappa shape index (κ2) is 20.6. The number of esters is 1. The van der Waals surface area contributed by atoms with Gasteiger partial charge in [-0.05, 0) is 78.7 Å². The molecule has 1 aliphatic rings. The second-order valence-electron chi connectivity index (χ2n) is 14.5. The van der Waals surface area contributed by atoms with Crippen LogP contribution in [-0.2, 0) is 39.9 Å². The van der Waals surface area contributed by atoms with Gasteiger partial charge in [0.25, 0.3) is 0 Å². The van der Waals surface area contributed by atoms with Gasteiger partial charge in [0.1, 0.15) is 30.3 Å². The Hall–Kier alpha value is -3.87. The Labute approximate surface area is 291 Å². The lowest BCUT2D eigenvalue weighted by molar-refractivity contribution is -0.146. The van der Waals surface area contributed by atoms with Crippen LogP contribution in [0.2, 0.25) is 0 Å². The number of amides is 4. The molecule has 49 heavy (non-hydrogen) atoms. The molecule has 1 fully saturated rings. The maximum atomic E-state index is 13.7. The molecule has 0 aliphatic heterocycles. The quantitative estimate of drug-likeness (QED) is 0.101. The van der Waals surface area contributed by atoms with Crippen LogP contribution in [-0.4, -0.2) is 79.6 Å². The Balaban J connectivity index is 2.16. The molecule has 0 bridgehead atoms. The third kappa shape index (κ3) is 17.9. The van der Waals surface area contributed by atoms with Crippen molar-refractivity contribution in [1.29, 1.82) is 0 Å². The summed E-state index contributed by atoms with van der Waals surface area (Å²) < 4.78 is 21.5. The number of alkyl carbamates (subject to hydrolysis) is 2. The van der Waals surface area contributed by atoms with Crippen LogP contribution in [0.4, 0.5) is 9.59 Å². The van der Waals surface area contributed by atoms with E-state index in [1.807, 2.05) is 51.1 Å². The zero-order valence-corrected chi connectivity index (χ0v) is 30.4. The van der Waals surface area contributed by atoms with Crippen LogP contribution in [0.5, 0.6) is 0 Å². The highest BCUT2D eigenvalue weighted by atomic mass is 16.6. The zero-order valence-electron chi connectivity index (χ0n) is 30.4. The number of rotatable bonds is 17. The first-order valence-electron chi connectivity index (χ1n) is 17.3. The number of methoxy groups -OCH3 is 1. The van der Waals surface area contributed by atoms with E-state index < -0.39 is 59.3 Å². The summed E-state index contributed by atoms with van der Waals surface area (Å²) in [7, 11) is 1.28. The summed E-state index contributed by atoms with van der Waals surface area (Å²) in [4.78, 5) is 65.0. The molecular formula is C36H58N4O9. The van der Waals surface area contributed by atoms with Crippen molar-refractivity contribution in [3.63, 3.8) is 0 Å². The van der Waals surface area contributed by atoms with E-state index in [1.54, 1.807) is 20.8 Å². The lowest BCUT2D eigenvalue weighted by atomic mass is 9.84. The number of carbonyl (C=O) groups excluding carboxylic acids is 5. The number of hydrogen-bond acceptors (Lipinski definition) is 9. The highest BCUT2D eigenvalue weighted by Crippen LogP contribution is 2.27. The molecule has 4 amide bonds. The standard InChI is InChI=1S/C36H58N4O9/c1-35(2,3)48-24-29(40-34(45)47-23-26-18-12-9-13-19-26)31(42)38-27(20-14-15-21-37-33(44)49-36(4,5)6)30(41)39-28(32(43)46-7)22-25-16-10-8-11-17-25/h9,12-13,18-19,25,27-29H,8,10-11,14-17,20-24H2,1-7H3,(H,37,44)(H,38,42)(H,39,41)(H,40,45)/t27-,28+,29-/m0/s1. The summed E-state index contributed by atoms with van der Waals surface area (Å²) in [5.74, 6) is -1.49. The molecule has 1 aromatic rings. The van der Waals surface area contributed by atoms with Crippen molar-refractivity contribution < 1.29 is 42.9 Å². The van der Waals surface area contributed by atoms with E-state index in [9.17, 15) is 24.0 Å². The SMILES string of the molecule is COC(=O)[C@@H](CC1CCCCC1)NC(=O)[C@H](CCCCNC(=O)OC(C)(C)C)NC(=O)[C@H](COC(C)(C)C)NC(=O)OCc1ccccc1. The average molecular weight is 691 g/mol. The number of unbranched alkanes of at least 4 members (excludes halogenated alkanes) is 1. The van der Waals surface area contributed by atoms with Gasteiger partial charge in [-0.3, -0.25) is 9.59 Å². The molecule has 0 radical (unpaired) electrons. The Morgan fingerprint density at radius 1 is 0.776 bits per heavy atom. The molecule has 2 rings (SSSR count). The highest BCUT2D eigenvalue weighted by Gasteiger charge is 2.32. The van der Waals surface area contributed by atoms with Crippen molar-refractivity contribution in [2.24, 2.45) is 5.92 Å². The van der Waals surface area contributed by atoms with Gasteiger partial charge in [0.05, 0.1) is 19.3 Å². The fourth-order valence-corrected chi connectivity index (χ4v) is 5.33. The van der Waals surface area contributed by atoms with Crippen LogP contribution >= 0.6 is 0 Å². The van der Waals surface area contributed by atoms with Gasteiger partial charge in [-0.2, -0.15) is 0 Å².